The number of hydrogen-bond acceptors (Lipinski definition) is 2. The van der Waals surface area contributed by atoms with Gasteiger partial charge in [0.05, 0.1) is 0 Å². The summed E-state index contributed by atoms with van der Waals surface area (Å²) in [6.45, 7) is 0.156. The van der Waals surface area contributed by atoms with Gasteiger partial charge in [-0.3, -0.25) is 0 Å². The van der Waals surface area contributed by atoms with Gasteiger partial charge in [0.2, 0.25) is 0 Å². The van der Waals surface area contributed by atoms with Crippen molar-refractivity contribution in [2.45, 2.75) is 13.0 Å². The Balaban J connectivity index is 1.99. The van der Waals surface area contributed by atoms with Crippen molar-refractivity contribution in [2.75, 3.05) is 0 Å². The molecule has 0 saturated carbocycles. The molecule has 0 atom stereocenters. The van der Waals surface area contributed by atoms with Crippen LogP contribution in [0.15, 0.2) is 53.7 Å². The molecule has 0 saturated heterocycles. The lowest BCUT2D eigenvalue weighted by atomic mass is 10.1. The normalized spacial score (nSPS) is 11.2. The van der Waals surface area contributed by atoms with Gasteiger partial charge in [-0.15, -0.1) is 0 Å². The minimum absolute atomic E-state index is 0.127. The van der Waals surface area contributed by atoms with Crippen LogP contribution in [-0.2, 0) is 11.4 Å². The van der Waals surface area contributed by atoms with Gasteiger partial charge in [0.1, 0.15) is 12.8 Å². The fourth-order valence-electron chi connectivity index (χ4n) is 1.59. The van der Waals surface area contributed by atoms with Crippen molar-refractivity contribution in [1.82, 2.24) is 0 Å². The van der Waals surface area contributed by atoms with Crippen molar-refractivity contribution in [1.29, 1.82) is 0 Å². The summed E-state index contributed by atoms with van der Waals surface area (Å²) in [4.78, 5) is 5.02. The van der Waals surface area contributed by atoms with Gasteiger partial charge in [0, 0.05) is 21.7 Å². The fraction of sp³-hybridized carbons (Fsp3) is 0.133. The van der Waals surface area contributed by atoms with Crippen LogP contribution in [0, 0.1) is 0 Å². The summed E-state index contributed by atoms with van der Waals surface area (Å²) in [7, 11) is 0. The van der Waals surface area contributed by atoms with Crippen LogP contribution in [0.3, 0.4) is 0 Å². The van der Waals surface area contributed by atoms with Gasteiger partial charge >= 0.3 is 0 Å². The van der Waals surface area contributed by atoms with Gasteiger partial charge < -0.3 is 4.84 Å². The van der Waals surface area contributed by atoms with Crippen molar-refractivity contribution in [3.05, 3.63) is 70.2 Å². The molecule has 5 heteroatoms. The summed E-state index contributed by atoms with van der Waals surface area (Å²) in [5.74, 6) is 0. The van der Waals surface area contributed by atoms with Crippen LogP contribution in [0.1, 0.15) is 23.1 Å². The average Bonchev–Trinajstić information content (AvgIpc) is 2.45. The monoisotopic (exact) mass is 294 g/mol. The van der Waals surface area contributed by atoms with E-state index in [4.69, 9.17) is 16.4 Å². The molecule has 0 aliphatic heterocycles. The van der Waals surface area contributed by atoms with Gasteiger partial charge in [-0.05, 0) is 6.07 Å². The average molecular weight is 295 g/mol. The first-order chi connectivity index (χ1) is 9.68. The van der Waals surface area contributed by atoms with Gasteiger partial charge in [-0.2, -0.15) is 0 Å². The zero-order chi connectivity index (χ0) is 14.4. The van der Waals surface area contributed by atoms with E-state index in [1.54, 1.807) is 24.3 Å². The van der Waals surface area contributed by atoms with Crippen LogP contribution in [0.2, 0.25) is 5.02 Å². The van der Waals surface area contributed by atoms with Crippen LogP contribution >= 0.6 is 11.6 Å². The minimum Gasteiger partial charge on any atom is -0.390 e. The highest BCUT2D eigenvalue weighted by molar-refractivity contribution is 6.31. The lowest BCUT2D eigenvalue weighted by Gasteiger charge is -2.03. The third-order valence-corrected chi connectivity index (χ3v) is 2.97. The zero-order valence-electron chi connectivity index (χ0n) is 10.4. The van der Waals surface area contributed by atoms with Crippen LogP contribution in [0.5, 0.6) is 0 Å². The molecule has 20 heavy (non-hydrogen) atoms. The van der Waals surface area contributed by atoms with E-state index < -0.39 is 6.43 Å². The van der Waals surface area contributed by atoms with Crippen LogP contribution < -0.4 is 0 Å². The predicted octanol–water partition coefficient (Wildman–Crippen LogP) is 4.71. The Labute approximate surface area is 120 Å². The van der Waals surface area contributed by atoms with E-state index in [0.29, 0.717) is 5.02 Å². The molecule has 0 bridgehead atoms. The summed E-state index contributed by atoms with van der Waals surface area (Å²) in [5.41, 5.74) is 0.848. The first-order valence-electron chi connectivity index (χ1n) is 5.87. The van der Waals surface area contributed by atoms with Crippen molar-refractivity contribution in [3.8, 4) is 0 Å². The van der Waals surface area contributed by atoms with E-state index in [2.05, 4.69) is 11.4 Å². The molecule has 2 aromatic carbocycles. The molecule has 0 aromatic heterocycles. The number of halogens is 3. The molecule has 0 fully saturated rings. The SMILES string of the molecule is FC(F)c1ccccc1/[C]=N\OCc1ccccc1Cl. The Hall–Kier alpha value is -1.94. The van der Waals surface area contributed by atoms with E-state index >= 15 is 0 Å². The minimum atomic E-state index is -2.57. The Morgan fingerprint density at radius 1 is 1.10 bits per heavy atom. The van der Waals surface area contributed by atoms with E-state index in [-0.39, 0.29) is 17.7 Å². The molecule has 0 amide bonds. The van der Waals surface area contributed by atoms with E-state index in [9.17, 15) is 8.78 Å². The van der Waals surface area contributed by atoms with E-state index in [1.165, 1.54) is 18.2 Å². The second kappa shape index (κ2) is 7.01. The molecule has 1 radical (unpaired) electrons. The maximum Gasteiger partial charge on any atom is 0.264 e. The second-order valence-electron chi connectivity index (χ2n) is 3.96. The highest BCUT2D eigenvalue weighted by Gasteiger charge is 2.10. The maximum atomic E-state index is 12.7. The second-order valence-corrected chi connectivity index (χ2v) is 4.36. The molecule has 2 rings (SSSR count). The number of benzene rings is 2. The summed E-state index contributed by atoms with van der Waals surface area (Å²) in [6, 6.07) is 13.2. The molecule has 2 aromatic rings. The standard InChI is InChI=1S/C15H11ClF2NO/c16-14-8-4-2-6-12(14)10-20-19-9-11-5-1-3-7-13(11)15(17)18/h1-8,15H,10H2. The molecule has 0 aliphatic rings. The lowest BCUT2D eigenvalue weighted by molar-refractivity contribution is 0.132. The van der Waals surface area contributed by atoms with Crippen LogP contribution in [-0.4, -0.2) is 6.21 Å². The van der Waals surface area contributed by atoms with Gasteiger partial charge in [0.25, 0.3) is 6.43 Å². The van der Waals surface area contributed by atoms with Crippen molar-refractivity contribution in [3.63, 3.8) is 0 Å². The molecule has 0 N–H and O–H groups in total. The van der Waals surface area contributed by atoms with Gasteiger partial charge in [-0.1, -0.05) is 59.2 Å². The molecule has 0 aliphatic carbocycles. The van der Waals surface area contributed by atoms with Gasteiger partial charge in [0.15, 0.2) is 0 Å². The third-order valence-electron chi connectivity index (χ3n) is 2.60. The molecule has 0 spiro atoms. The molecule has 0 unspecified atom stereocenters. The van der Waals surface area contributed by atoms with Crippen molar-refractivity contribution < 1.29 is 13.6 Å². The fourth-order valence-corrected chi connectivity index (χ4v) is 1.78. The third kappa shape index (κ3) is 3.78. The van der Waals surface area contributed by atoms with Crippen molar-refractivity contribution >= 4 is 17.8 Å². The molecule has 0 heterocycles. The zero-order valence-corrected chi connectivity index (χ0v) is 11.1. The summed E-state index contributed by atoms with van der Waals surface area (Å²) in [5, 5.41) is 4.14. The first kappa shape index (κ1) is 14.5. The summed E-state index contributed by atoms with van der Waals surface area (Å²) < 4.78 is 25.4. The molecule has 103 valence electrons. The largest absolute Gasteiger partial charge is 0.390 e. The molecular formula is C15H11ClF2NO. The Morgan fingerprint density at radius 2 is 1.80 bits per heavy atom. The predicted molar refractivity (Wildman–Crippen MR) is 74.2 cm³/mol. The summed E-state index contributed by atoms with van der Waals surface area (Å²) in [6.07, 6.45) is -0.108. The van der Waals surface area contributed by atoms with Crippen molar-refractivity contribution in [2.24, 2.45) is 5.16 Å². The Morgan fingerprint density at radius 3 is 2.55 bits per heavy atom. The van der Waals surface area contributed by atoms with E-state index in [0.717, 1.165) is 5.56 Å². The first-order valence-corrected chi connectivity index (χ1v) is 6.25. The molecule has 2 nitrogen and oxygen atoms in total. The molecular weight excluding hydrogens is 284 g/mol. The van der Waals surface area contributed by atoms with E-state index in [1.807, 2.05) is 6.07 Å². The number of rotatable bonds is 5. The summed E-state index contributed by atoms with van der Waals surface area (Å²) >= 11 is 5.95. The quantitative estimate of drug-likeness (QED) is 0.578. The maximum absolute atomic E-state index is 12.7. The van der Waals surface area contributed by atoms with Crippen LogP contribution in [0.25, 0.3) is 0 Å². The topological polar surface area (TPSA) is 21.6 Å². The smallest absolute Gasteiger partial charge is 0.264 e. The number of alkyl halides is 2. The lowest BCUT2D eigenvalue weighted by Crippen LogP contribution is -1.94. The highest BCUT2D eigenvalue weighted by atomic mass is 35.5. The Kier molecular flexibility index (Phi) is 5.07. The number of nitrogens with zero attached hydrogens (tertiary/aromatic N) is 1. The number of hydrogen-bond donors (Lipinski definition) is 0. The van der Waals surface area contributed by atoms with Crippen LogP contribution in [0.4, 0.5) is 8.78 Å². The van der Waals surface area contributed by atoms with Gasteiger partial charge in [-0.25, -0.2) is 8.78 Å². The highest BCUT2D eigenvalue weighted by Crippen LogP contribution is 2.21. The Bertz CT molecular complexity index is 602.